The normalized spacial score (nSPS) is 18.1. The van der Waals surface area contributed by atoms with Crippen LogP contribution >= 0.6 is 11.6 Å². The van der Waals surface area contributed by atoms with Crippen LogP contribution in [-0.4, -0.2) is 20.8 Å². The highest BCUT2D eigenvalue weighted by atomic mass is 35.5. The summed E-state index contributed by atoms with van der Waals surface area (Å²) >= 11 is 5.89. The van der Waals surface area contributed by atoms with Crippen molar-refractivity contribution in [3.63, 3.8) is 0 Å². The third kappa shape index (κ3) is 3.84. The molecule has 0 bridgehead atoms. The molecule has 0 atom stereocenters. The van der Waals surface area contributed by atoms with Gasteiger partial charge in [-0.25, -0.2) is 17.9 Å². The maximum absolute atomic E-state index is 13.6. The molecule has 0 aromatic heterocycles. The van der Waals surface area contributed by atoms with Gasteiger partial charge in [-0.15, -0.1) is 0 Å². The van der Waals surface area contributed by atoms with Gasteiger partial charge in [0.05, 0.1) is 17.4 Å². The summed E-state index contributed by atoms with van der Waals surface area (Å²) in [5, 5.41) is 5.32. The lowest BCUT2D eigenvalue weighted by Crippen LogP contribution is -2.36. The molecule has 2 rings (SSSR count). The molecule has 0 heterocycles. The lowest BCUT2D eigenvalue weighted by molar-refractivity contribution is 0.165. The first-order valence-corrected chi connectivity index (χ1v) is 8.48. The zero-order chi connectivity index (χ0) is 14.8. The van der Waals surface area contributed by atoms with E-state index in [1.165, 1.54) is 18.2 Å². The second-order valence-corrected chi connectivity index (χ2v) is 7.38. The third-order valence-electron chi connectivity index (χ3n) is 3.61. The first-order chi connectivity index (χ1) is 9.31. The average molecular weight is 322 g/mol. The van der Waals surface area contributed by atoms with Gasteiger partial charge in [-0.05, 0) is 25.0 Å². The number of halogens is 2. The Labute approximate surface area is 123 Å². The van der Waals surface area contributed by atoms with E-state index >= 15 is 0 Å². The maximum Gasteiger partial charge on any atom is 0.209 e. The Morgan fingerprint density at radius 2 is 2.00 bits per heavy atom. The van der Waals surface area contributed by atoms with E-state index in [4.69, 9.17) is 21.5 Å². The van der Waals surface area contributed by atoms with Crippen molar-refractivity contribution in [1.82, 2.24) is 0 Å². The molecule has 1 aliphatic rings. The van der Waals surface area contributed by atoms with Crippen LogP contribution in [0.3, 0.4) is 0 Å². The smallest absolute Gasteiger partial charge is 0.209 e. The number of para-hydroxylation sites is 1. The molecule has 20 heavy (non-hydrogen) atoms. The molecular formula is C13H17ClFNO3S. The van der Waals surface area contributed by atoms with E-state index in [1.807, 2.05) is 0 Å². The number of primary sulfonamides is 1. The molecule has 1 aromatic rings. The zero-order valence-corrected chi connectivity index (χ0v) is 12.5. The van der Waals surface area contributed by atoms with Crippen molar-refractivity contribution in [3.8, 4) is 5.75 Å². The molecule has 1 saturated carbocycles. The molecule has 1 aromatic carbocycles. The van der Waals surface area contributed by atoms with E-state index in [0.717, 1.165) is 12.8 Å². The molecule has 7 heteroatoms. The van der Waals surface area contributed by atoms with Gasteiger partial charge in [0.15, 0.2) is 11.6 Å². The molecule has 112 valence electrons. The van der Waals surface area contributed by atoms with Crippen LogP contribution in [0, 0.1) is 11.2 Å². The van der Waals surface area contributed by atoms with Gasteiger partial charge in [0, 0.05) is 5.41 Å². The summed E-state index contributed by atoms with van der Waals surface area (Å²) in [4.78, 5) is 0. The summed E-state index contributed by atoms with van der Waals surface area (Å²) in [5.74, 6) is -0.734. The number of ether oxygens (including phenoxy) is 1. The molecule has 0 unspecified atom stereocenters. The molecule has 4 nitrogen and oxygen atoms in total. The Bertz CT molecular complexity index is 565. The summed E-state index contributed by atoms with van der Waals surface area (Å²) in [6.45, 7) is 0.101. The van der Waals surface area contributed by atoms with Crippen LogP contribution in [0.5, 0.6) is 5.75 Å². The minimum Gasteiger partial charge on any atom is -0.488 e. The van der Waals surface area contributed by atoms with E-state index in [2.05, 4.69) is 0 Å². The van der Waals surface area contributed by atoms with Gasteiger partial charge in [0.1, 0.15) is 0 Å². The van der Waals surface area contributed by atoms with Crippen LogP contribution in [0.4, 0.5) is 4.39 Å². The SMILES string of the molecule is NS(=O)(=O)CC1(COc2c(F)cccc2Cl)CCCC1. The molecule has 1 aliphatic carbocycles. The van der Waals surface area contributed by atoms with Crippen molar-refractivity contribution >= 4 is 21.6 Å². The highest BCUT2D eigenvalue weighted by Crippen LogP contribution is 2.40. The summed E-state index contributed by atoms with van der Waals surface area (Å²) in [7, 11) is -3.60. The molecular weight excluding hydrogens is 305 g/mol. The fourth-order valence-corrected chi connectivity index (χ4v) is 4.17. The quantitative estimate of drug-likeness (QED) is 0.906. The zero-order valence-electron chi connectivity index (χ0n) is 10.9. The molecule has 2 N–H and O–H groups in total. The minimum atomic E-state index is -3.60. The van der Waals surface area contributed by atoms with Crippen LogP contribution in [0.1, 0.15) is 25.7 Å². The van der Waals surface area contributed by atoms with Crippen molar-refractivity contribution < 1.29 is 17.5 Å². The predicted molar refractivity (Wildman–Crippen MR) is 75.8 cm³/mol. The van der Waals surface area contributed by atoms with Gasteiger partial charge < -0.3 is 4.74 Å². The maximum atomic E-state index is 13.6. The molecule has 0 spiro atoms. The number of hydrogen-bond donors (Lipinski definition) is 1. The Morgan fingerprint density at radius 3 is 2.55 bits per heavy atom. The van der Waals surface area contributed by atoms with Crippen molar-refractivity contribution in [2.75, 3.05) is 12.4 Å². The van der Waals surface area contributed by atoms with Crippen LogP contribution in [0.2, 0.25) is 5.02 Å². The molecule has 0 aliphatic heterocycles. The van der Waals surface area contributed by atoms with E-state index in [9.17, 15) is 12.8 Å². The number of sulfonamides is 1. The Kier molecular flexibility index (Phi) is 4.56. The average Bonchev–Trinajstić information content (AvgIpc) is 2.75. The van der Waals surface area contributed by atoms with E-state index in [-0.39, 0.29) is 23.1 Å². The lowest BCUT2D eigenvalue weighted by Gasteiger charge is -2.28. The summed E-state index contributed by atoms with van der Waals surface area (Å²) in [6.07, 6.45) is 3.25. The number of hydrogen-bond acceptors (Lipinski definition) is 3. The Hall–Kier alpha value is -0.850. The third-order valence-corrected chi connectivity index (χ3v) is 4.93. The first-order valence-electron chi connectivity index (χ1n) is 6.39. The molecule has 0 saturated heterocycles. The van der Waals surface area contributed by atoms with Gasteiger partial charge >= 0.3 is 0 Å². The van der Waals surface area contributed by atoms with Gasteiger partial charge in [-0.2, -0.15) is 0 Å². The molecule has 1 fully saturated rings. The van der Waals surface area contributed by atoms with Crippen molar-refractivity contribution in [1.29, 1.82) is 0 Å². The number of benzene rings is 1. The van der Waals surface area contributed by atoms with E-state index < -0.39 is 21.3 Å². The standard InChI is InChI=1S/C13H17ClFNO3S/c14-10-4-3-5-11(15)12(10)19-8-13(6-1-2-7-13)9-20(16,17)18/h3-5H,1-2,6-9H2,(H2,16,17,18). The van der Waals surface area contributed by atoms with Crippen LogP contribution < -0.4 is 9.88 Å². The van der Waals surface area contributed by atoms with Gasteiger partial charge in [-0.1, -0.05) is 30.5 Å². The van der Waals surface area contributed by atoms with E-state index in [1.54, 1.807) is 0 Å². The predicted octanol–water partition coefficient (Wildman–Crippen LogP) is 2.71. The van der Waals surface area contributed by atoms with Gasteiger partial charge in [-0.3, -0.25) is 0 Å². The van der Waals surface area contributed by atoms with Crippen LogP contribution in [0.15, 0.2) is 18.2 Å². The monoisotopic (exact) mass is 321 g/mol. The topological polar surface area (TPSA) is 69.4 Å². The molecule has 0 amide bonds. The second-order valence-electron chi connectivity index (χ2n) is 5.35. The van der Waals surface area contributed by atoms with Gasteiger partial charge in [0.2, 0.25) is 10.0 Å². The van der Waals surface area contributed by atoms with Crippen LogP contribution in [0.25, 0.3) is 0 Å². The number of rotatable bonds is 5. The fourth-order valence-electron chi connectivity index (χ4n) is 2.73. The van der Waals surface area contributed by atoms with E-state index in [0.29, 0.717) is 12.8 Å². The second kappa shape index (κ2) is 5.87. The summed E-state index contributed by atoms with van der Waals surface area (Å²) < 4.78 is 41.8. The summed E-state index contributed by atoms with van der Waals surface area (Å²) in [5.41, 5.74) is -0.542. The van der Waals surface area contributed by atoms with Gasteiger partial charge in [0.25, 0.3) is 0 Å². The largest absolute Gasteiger partial charge is 0.488 e. The highest BCUT2D eigenvalue weighted by Gasteiger charge is 2.38. The van der Waals surface area contributed by atoms with Crippen LogP contribution in [-0.2, 0) is 10.0 Å². The van der Waals surface area contributed by atoms with Crippen molar-refractivity contribution in [3.05, 3.63) is 29.0 Å². The Morgan fingerprint density at radius 1 is 1.35 bits per heavy atom. The fraction of sp³-hybridized carbons (Fsp3) is 0.538. The summed E-state index contributed by atoms with van der Waals surface area (Å²) in [6, 6.07) is 4.27. The first kappa shape index (κ1) is 15.5. The molecule has 0 radical (unpaired) electrons. The Balaban J connectivity index is 2.14. The van der Waals surface area contributed by atoms with Crippen molar-refractivity contribution in [2.24, 2.45) is 10.6 Å². The number of nitrogens with two attached hydrogens (primary N) is 1. The lowest BCUT2D eigenvalue weighted by atomic mass is 9.90. The highest BCUT2D eigenvalue weighted by molar-refractivity contribution is 7.89. The minimum absolute atomic E-state index is 0.0325. The van der Waals surface area contributed by atoms with Crippen molar-refractivity contribution in [2.45, 2.75) is 25.7 Å².